The van der Waals surface area contributed by atoms with Gasteiger partial charge in [-0.15, -0.1) is 10.2 Å². The summed E-state index contributed by atoms with van der Waals surface area (Å²) >= 11 is 2.38. The molecule has 0 saturated carbocycles. The fraction of sp³-hybridized carbons (Fsp3) is 0.353. The van der Waals surface area contributed by atoms with E-state index in [1.807, 2.05) is 30.3 Å². The van der Waals surface area contributed by atoms with Gasteiger partial charge < -0.3 is 15.0 Å². The summed E-state index contributed by atoms with van der Waals surface area (Å²) in [5, 5.41) is 10.9. The van der Waals surface area contributed by atoms with E-state index in [4.69, 9.17) is 4.74 Å². The SMILES string of the molecule is CCOC(=O)CSc1nnc(NC(=O)[C@H]2CC(=O)N(c3ccccc3)C2)s1. The minimum atomic E-state index is -0.447. The number of amides is 2. The van der Waals surface area contributed by atoms with Crippen LogP contribution in [0.5, 0.6) is 0 Å². The summed E-state index contributed by atoms with van der Waals surface area (Å²) in [6.07, 6.45) is 0.157. The zero-order valence-corrected chi connectivity index (χ0v) is 16.2. The topological polar surface area (TPSA) is 101 Å². The number of carbonyl (C=O) groups excluding carboxylic acids is 3. The van der Waals surface area contributed by atoms with E-state index in [1.54, 1.807) is 11.8 Å². The fourth-order valence-corrected chi connectivity index (χ4v) is 4.14. The molecular formula is C17H18N4O4S2. The Morgan fingerprint density at radius 1 is 1.33 bits per heavy atom. The number of hydrogen-bond acceptors (Lipinski definition) is 8. The average Bonchev–Trinajstić information content (AvgIpc) is 3.27. The number of nitrogens with one attached hydrogen (secondary N) is 1. The molecule has 1 aromatic carbocycles. The Kier molecular flexibility index (Phi) is 6.40. The van der Waals surface area contributed by atoms with E-state index >= 15 is 0 Å². The molecule has 1 saturated heterocycles. The Bertz CT molecular complexity index is 827. The molecule has 2 amide bonds. The third-order valence-electron chi connectivity index (χ3n) is 3.82. The summed E-state index contributed by atoms with van der Waals surface area (Å²) in [6.45, 7) is 2.41. The highest BCUT2D eigenvalue weighted by molar-refractivity contribution is 8.01. The van der Waals surface area contributed by atoms with Gasteiger partial charge >= 0.3 is 5.97 Å². The van der Waals surface area contributed by atoms with Gasteiger partial charge in [0.2, 0.25) is 16.9 Å². The van der Waals surface area contributed by atoms with Crippen LogP contribution in [0.3, 0.4) is 0 Å². The van der Waals surface area contributed by atoms with E-state index < -0.39 is 5.92 Å². The highest BCUT2D eigenvalue weighted by Gasteiger charge is 2.35. The molecule has 1 aromatic heterocycles. The second-order valence-electron chi connectivity index (χ2n) is 5.70. The third-order valence-corrected chi connectivity index (χ3v) is 5.76. The summed E-state index contributed by atoms with van der Waals surface area (Å²) in [7, 11) is 0. The smallest absolute Gasteiger partial charge is 0.316 e. The molecule has 142 valence electrons. The molecule has 1 N–H and O–H groups in total. The summed E-state index contributed by atoms with van der Waals surface area (Å²) in [6, 6.07) is 9.27. The van der Waals surface area contributed by atoms with Gasteiger partial charge in [0.05, 0.1) is 18.3 Å². The summed E-state index contributed by atoms with van der Waals surface area (Å²) < 4.78 is 5.41. The number of esters is 1. The Morgan fingerprint density at radius 2 is 2.11 bits per heavy atom. The Labute approximate surface area is 164 Å². The second-order valence-corrected chi connectivity index (χ2v) is 7.90. The lowest BCUT2D eigenvalue weighted by atomic mass is 10.1. The maximum absolute atomic E-state index is 12.5. The number of para-hydroxylation sites is 1. The molecule has 2 heterocycles. The van der Waals surface area contributed by atoms with Gasteiger partial charge in [0, 0.05) is 18.7 Å². The molecule has 3 rings (SSSR count). The van der Waals surface area contributed by atoms with Crippen molar-refractivity contribution in [3.05, 3.63) is 30.3 Å². The van der Waals surface area contributed by atoms with Crippen LogP contribution in [-0.4, -0.2) is 46.9 Å². The van der Waals surface area contributed by atoms with Gasteiger partial charge in [-0.05, 0) is 19.1 Å². The van der Waals surface area contributed by atoms with Crippen LogP contribution in [0, 0.1) is 5.92 Å². The van der Waals surface area contributed by atoms with Crippen molar-refractivity contribution in [3.8, 4) is 0 Å². The summed E-state index contributed by atoms with van der Waals surface area (Å²) in [4.78, 5) is 37.7. The first-order valence-electron chi connectivity index (χ1n) is 8.35. The van der Waals surface area contributed by atoms with E-state index in [1.165, 1.54) is 23.1 Å². The van der Waals surface area contributed by atoms with Crippen LogP contribution in [0.15, 0.2) is 34.7 Å². The monoisotopic (exact) mass is 406 g/mol. The summed E-state index contributed by atoms with van der Waals surface area (Å²) in [5.41, 5.74) is 0.784. The molecule has 1 atom stereocenters. The molecule has 1 fully saturated rings. The van der Waals surface area contributed by atoms with Crippen molar-refractivity contribution in [2.75, 3.05) is 29.1 Å². The number of carbonyl (C=O) groups is 3. The molecule has 0 radical (unpaired) electrons. The lowest BCUT2D eigenvalue weighted by molar-refractivity contribution is -0.139. The first kappa shape index (κ1) is 19.3. The van der Waals surface area contributed by atoms with Crippen molar-refractivity contribution >= 4 is 51.7 Å². The highest BCUT2D eigenvalue weighted by Crippen LogP contribution is 2.28. The van der Waals surface area contributed by atoms with Crippen molar-refractivity contribution in [1.29, 1.82) is 0 Å². The van der Waals surface area contributed by atoms with E-state index in [-0.39, 0.29) is 30.0 Å². The molecule has 10 heteroatoms. The van der Waals surface area contributed by atoms with Crippen LogP contribution in [0.1, 0.15) is 13.3 Å². The number of hydrogen-bond donors (Lipinski definition) is 1. The average molecular weight is 406 g/mol. The summed E-state index contributed by atoms with van der Waals surface area (Å²) in [5.74, 6) is -0.977. The van der Waals surface area contributed by atoms with Crippen LogP contribution in [0.4, 0.5) is 10.8 Å². The van der Waals surface area contributed by atoms with Gasteiger partial charge in [-0.2, -0.15) is 0 Å². The molecule has 0 aliphatic carbocycles. The molecule has 0 bridgehead atoms. The number of thioether (sulfide) groups is 1. The zero-order chi connectivity index (χ0) is 19.2. The van der Waals surface area contributed by atoms with Crippen LogP contribution in [-0.2, 0) is 19.1 Å². The zero-order valence-electron chi connectivity index (χ0n) is 14.6. The predicted octanol–water partition coefficient (Wildman–Crippen LogP) is 2.18. The molecule has 8 nitrogen and oxygen atoms in total. The van der Waals surface area contributed by atoms with Crippen LogP contribution in [0.25, 0.3) is 0 Å². The Hall–Kier alpha value is -2.46. The number of benzene rings is 1. The normalized spacial score (nSPS) is 16.4. The van der Waals surface area contributed by atoms with Gasteiger partial charge in [0.25, 0.3) is 0 Å². The van der Waals surface area contributed by atoms with Crippen LogP contribution < -0.4 is 10.2 Å². The van der Waals surface area contributed by atoms with Crippen molar-refractivity contribution in [1.82, 2.24) is 10.2 Å². The maximum atomic E-state index is 12.5. The minimum absolute atomic E-state index is 0.0794. The van der Waals surface area contributed by atoms with E-state index in [0.29, 0.717) is 22.6 Å². The van der Waals surface area contributed by atoms with Gasteiger partial charge in [0.15, 0.2) is 4.34 Å². The number of rotatable bonds is 7. The number of ether oxygens (including phenoxy) is 1. The van der Waals surface area contributed by atoms with Crippen molar-refractivity contribution in [2.24, 2.45) is 5.92 Å². The quantitative estimate of drug-likeness (QED) is 0.427. The molecule has 0 spiro atoms. The van der Waals surface area contributed by atoms with E-state index in [2.05, 4.69) is 15.5 Å². The van der Waals surface area contributed by atoms with Crippen LogP contribution in [0.2, 0.25) is 0 Å². The predicted molar refractivity (Wildman–Crippen MR) is 103 cm³/mol. The Morgan fingerprint density at radius 3 is 2.85 bits per heavy atom. The molecule has 1 aliphatic heterocycles. The van der Waals surface area contributed by atoms with Gasteiger partial charge in [-0.1, -0.05) is 41.3 Å². The van der Waals surface area contributed by atoms with Crippen molar-refractivity contribution in [3.63, 3.8) is 0 Å². The standard InChI is InChI=1S/C17H18N4O4S2/c1-2-25-14(23)10-26-17-20-19-16(27-17)18-15(24)11-8-13(22)21(9-11)12-6-4-3-5-7-12/h3-7,11H,2,8-10H2,1H3,(H,18,19,24)/t11-/m0/s1. The largest absolute Gasteiger partial charge is 0.465 e. The van der Waals surface area contributed by atoms with Crippen molar-refractivity contribution in [2.45, 2.75) is 17.7 Å². The van der Waals surface area contributed by atoms with Crippen LogP contribution >= 0.6 is 23.1 Å². The van der Waals surface area contributed by atoms with Gasteiger partial charge in [-0.3, -0.25) is 14.4 Å². The first-order chi connectivity index (χ1) is 13.1. The molecule has 0 unspecified atom stereocenters. The van der Waals surface area contributed by atoms with Gasteiger partial charge in [-0.25, -0.2) is 0 Å². The minimum Gasteiger partial charge on any atom is -0.465 e. The lowest BCUT2D eigenvalue weighted by Gasteiger charge is -2.16. The molecular weight excluding hydrogens is 388 g/mol. The molecule has 1 aliphatic rings. The Balaban J connectivity index is 1.54. The maximum Gasteiger partial charge on any atom is 0.316 e. The van der Waals surface area contributed by atoms with Gasteiger partial charge in [0.1, 0.15) is 0 Å². The van der Waals surface area contributed by atoms with E-state index in [9.17, 15) is 14.4 Å². The third kappa shape index (κ3) is 5.04. The fourth-order valence-electron chi connectivity index (χ4n) is 2.59. The highest BCUT2D eigenvalue weighted by atomic mass is 32.2. The van der Waals surface area contributed by atoms with Crippen molar-refractivity contribution < 1.29 is 19.1 Å². The lowest BCUT2D eigenvalue weighted by Crippen LogP contribution is -2.28. The second kappa shape index (κ2) is 8.96. The van der Waals surface area contributed by atoms with E-state index in [0.717, 1.165) is 5.69 Å². The number of aromatic nitrogens is 2. The number of nitrogens with zero attached hydrogens (tertiary/aromatic N) is 3. The molecule has 2 aromatic rings. The molecule has 27 heavy (non-hydrogen) atoms. The number of anilines is 2. The first-order valence-corrected chi connectivity index (χ1v) is 10.1.